The molecule has 0 aliphatic rings. The monoisotopic (exact) mass is 237 g/mol. The quantitative estimate of drug-likeness (QED) is 0.763. The SMILES string of the molecule is Fc1cccc(COc2cccnc2Cl)c1. The Balaban J connectivity index is 2.05. The molecule has 0 atom stereocenters. The van der Waals surface area contributed by atoms with Crippen molar-refractivity contribution in [3.05, 3.63) is 59.1 Å². The molecule has 0 saturated carbocycles. The van der Waals surface area contributed by atoms with Crippen LogP contribution in [0.1, 0.15) is 5.56 Å². The van der Waals surface area contributed by atoms with Crippen molar-refractivity contribution in [3.8, 4) is 5.75 Å². The summed E-state index contributed by atoms with van der Waals surface area (Å²) in [7, 11) is 0. The summed E-state index contributed by atoms with van der Waals surface area (Å²) in [4.78, 5) is 3.88. The lowest BCUT2D eigenvalue weighted by molar-refractivity contribution is 0.304. The van der Waals surface area contributed by atoms with Crippen LogP contribution in [-0.4, -0.2) is 4.98 Å². The summed E-state index contributed by atoms with van der Waals surface area (Å²) < 4.78 is 18.3. The first-order valence-corrected chi connectivity index (χ1v) is 5.11. The maximum Gasteiger partial charge on any atom is 0.171 e. The fraction of sp³-hybridized carbons (Fsp3) is 0.0833. The van der Waals surface area contributed by atoms with Crippen LogP contribution in [0, 0.1) is 5.82 Å². The number of rotatable bonds is 3. The molecule has 0 aliphatic carbocycles. The number of ether oxygens (including phenoxy) is 1. The predicted molar refractivity (Wildman–Crippen MR) is 60.0 cm³/mol. The van der Waals surface area contributed by atoms with Crippen LogP contribution >= 0.6 is 11.6 Å². The van der Waals surface area contributed by atoms with E-state index in [1.165, 1.54) is 12.1 Å². The Labute approximate surface area is 97.7 Å². The molecule has 1 heterocycles. The molecule has 1 aromatic heterocycles. The van der Waals surface area contributed by atoms with Crippen molar-refractivity contribution >= 4 is 11.6 Å². The molecule has 0 spiro atoms. The summed E-state index contributed by atoms with van der Waals surface area (Å²) in [5, 5.41) is 0.305. The molecular weight excluding hydrogens is 229 g/mol. The molecule has 0 unspecified atom stereocenters. The highest BCUT2D eigenvalue weighted by Gasteiger charge is 2.02. The Morgan fingerprint density at radius 1 is 1.25 bits per heavy atom. The molecule has 0 N–H and O–H groups in total. The molecule has 4 heteroatoms. The minimum atomic E-state index is -0.279. The second kappa shape index (κ2) is 4.94. The average molecular weight is 238 g/mol. The third-order valence-corrected chi connectivity index (χ3v) is 2.29. The van der Waals surface area contributed by atoms with Crippen LogP contribution < -0.4 is 4.74 Å². The first-order valence-electron chi connectivity index (χ1n) is 4.73. The number of hydrogen-bond acceptors (Lipinski definition) is 2. The van der Waals surface area contributed by atoms with Crippen molar-refractivity contribution in [1.82, 2.24) is 4.98 Å². The van der Waals surface area contributed by atoms with Crippen molar-refractivity contribution in [2.24, 2.45) is 0 Å². The maximum atomic E-state index is 12.9. The summed E-state index contributed by atoms with van der Waals surface area (Å²) >= 11 is 5.81. The number of halogens is 2. The Hall–Kier alpha value is -1.61. The molecule has 2 aromatic rings. The van der Waals surface area contributed by atoms with Gasteiger partial charge in [0, 0.05) is 6.20 Å². The normalized spacial score (nSPS) is 10.1. The van der Waals surface area contributed by atoms with E-state index in [1.807, 2.05) is 0 Å². The first-order chi connectivity index (χ1) is 7.75. The van der Waals surface area contributed by atoms with E-state index >= 15 is 0 Å². The summed E-state index contributed by atoms with van der Waals surface area (Å²) in [6, 6.07) is 9.68. The van der Waals surface area contributed by atoms with Crippen LogP contribution in [0.3, 0.4) is 0 Å². The predicted octanol–water partition coefficient (Wildman–Crippen LogP) is 3.45. The Bertz CT molecular complexity index is 490. The summed E-state index contributed by atoms with van der Waals surface area (Å²) in [5.41, 5.74) is 0.750. The van der Waals surface area contributed by atoms with Gasteiger partial charge in [0.15, 0.2) is 10.9 Å². The van der Waals surface area contributed by atoms with Gasteiger partial charge in [-0.2, -0.15) is 0 Å². The van der Waals surface area contributed by atoms with Gasteiger partial charge in [0.25, 0.3) is 0 Å². The molecule has 0 bridgehead atoms. The van der Waals surface area contributed by atoms with E-state index in [4.69, 9.17) is 16.3 Å². The van der Waals surface area contributed by atoms with E-state index in [0.29, 0.717) is 10.9 Å². The van der Waals surface area contributed by atoms with Crippen LogP contribution in [0.4, 0.5) is 4.39 Å². The van der Waals surface area contributed by atoms with E-state index < -0.39 is 0 Å². The number of nitrogens with zero attached hydrogens (tertiary/aromatic N) is 1. The van der Waals surface area contributed by atoms with Crippen molar-refractivity contribution < 1.29 is 9.13 Å². The molecule has 0 radical (unpaired) electrons. The van der Waals surface area contributed by atoms with Crippen LogP contribution in [0.2, 0.25) is 5.15 Å². The number of aromatic nitrogens is 1. The van der Waals surface area contributed by atoms with Gasteiger partial charge in [-0.15, -0.1) is 0 Å². The maximum absolute atomic E-state index is 12.9. The van der Waals surface area contributed by atoms with Crippen LogP contribution in [-0.2, 0) is 6.61 Å². The van der Waals surface area contributed by atoms with E-state index in [0.717, 1.165) is 5.56 Å². The highest BCUT2D eigenvalue weighted by molar-refractivity contribution is 6.30. The van der Waals surface area contributed by atoms with Gasteiger partial charge >= 0.3 is 0 Å². The first kappa shape index (κ1) is 10.9. The van der Waals surface area contributed by atoms with Crippen molar-refractivity contribution in [2.75, 3.05) is 0 Å². The van der Waals surface area contributed by atoms with Crippen LogP contribution in [0.15, 0.2) is 42.6 Å². The Kier molecular flexibility index (Phi) is 3.37. The molecule has 0 amide bonds. The lowest BCUT2D eigenvalue weighted by atomic mass is 10.2. The Morgan fingerprint density at radius 2 is 2.12 bits per heavy atom. The van der Waals surface area contributed by atoms with Crippen molar-refractivity contribution in [2.45, 2.75) is 6.61 Å². The summed E-state index contributed by atoms with van der Waals surface area (Å²) in [5.74, 6) is 0.215. The number of pyridine rings is 1. The van der Waals surface area contributed by atoms with E-state index in [-0.39, 0.29) is 12.4 Å². The highest BCUT2D eigenvalue weighted by Crippen LogP contribution is 2.21. The zero-order chi connectivity index (χ0) is 11.4. The van der Waals surface area contributed by atoms with Gasteiger partial charge in [-0.05, 0) is 29.8 Å². The zero-order valence-corrected chi connectivity index (χ0v) is 9.12. The van der Waals surface area contributed by atoms with Crippen LogP contribution in [0.25, 0.3) is 0 Å². The molecule has 82 valence electrons. The van der Waals surface area contributed by atoms with E-state index in [2.05, 4.69) is 4.98 Å². The van der Waals surface area contributed by atoms with E-state index in [1.54, 1.807) is 30.5 Å². The van der Waals surface area contributed by atoms with Gasteiger partial charge in [-0.3, -0.25) is 0 Å². The van der Waals surface area contributed by atoms with Crippen molar-refractivity contribution in [1.29, 1.82) is 0 Å². The lowest BCUT2D eigenvalue weighted by Crippen LogP contribution is -1.96. The molecular formula is C12H9ClFNO. The van der Waals surface area contributed by atoms with Gasteiger partial charge in [0.1, 0.15) is 12.4 Å². The smallest absolute Gasteiger partial charge is 0.171 e. The second-order valence-electron chi connectivity index (χ2n) is 3.21. The van der Waals surface area contributed by atoms with Gasteiger partial charge in [-0.1, -0.05) is 23.7 Å². The topological polar surface area (TPSA) is 22.1 Å². The van der Waals surface area contributed by atoms with E-state index in [9.17, 15) is 4.39 Å². The highest BCUT2D eigenvalue weighted by atomic mass is 35.5. The third kappa shape index (κ3) is 2.70. The molecule has 2 nitrogen and oxygen atoms in total. The summed E-state index contributed by atoms with van der Waals surface area (Å²) in [6.45, 7) is 0.267. The van der Waals surface area contributed by atoms with Gasteiger partial charge < -0.3 is 4.74 Å². The number of hydrogen-bond donors (Lipinski definition) is 0. The molecule has 16 heavy (non-hydrogen) atoms. The zero-order valence-electron chi connectivity index (χ0n) is 8.36. The van der Waals surface area contributed by atoms with Crippen LogP contribution in [0.5, 0.6) is 5.75 Å². The van der Waals surface area contributed by atoms with Gasteiger partial charge in [0.05, 0.1) is 0 Å². The molecule has 1 aromatic carbocycles. The second-order valence-corrected chi connectivity index (χ2v) is 3.57. The molecule has 0 saturated heterocycles. The average Bonchev–Trinajstić information content (AvgIpc) is 2.28. The Morgan fingerprint density at radius 3 is 2.88 bits per heavy atom. The molecule has 2 rings (SSSR count). The largest absolute Gasteiger partial charge is 0.486 e. The lowest BCUT2D eigenvalue weighted by Gasteiger charge is -2.06. The number of benzene rings is 1. The molecule has 0 fully saturated rings. The fourth-order valence-corrected chi connectivity index (χ4v) is 1.44. The molecule has 0 aliphatic heterocycles. The minimum absolute atomic E-state index is 0.267. The summed E-state index contributed by atoms with van der Waals surface area (Å²) in [6.07, 6.45) is 1.58. The van der Waals surface area contributed by atoms with Gasteiger partial charge in [0.2, 0.25) is 0 Å². The third-order valence-electron chi connectivity index (χ3n) is 2.01. The standard InChI is InChI=1S/C12H9ClFNO/c13-12-11(5-2-6-15-12)16-8-9-3-1-4-10(14)7-9/h1-7H,8H2. The fourth-order valence-electron chi connectivity index (χ4n) is 1.27. The minimum Gasteiger partial charge on any atom is -0.486 e. The van der Waals surface area contributed by atoms with Crippen molar-refractivity contribution in [3.63, 3.8) is 0 Å². The van der Waals surface area contributed by atoms with Gasteiger partial charge in [-0.25, -0.2) is 9.37 Å².